The number of hydrogen-bond donors (Lipinski definition) is 0. The molecule has 1 aliphatic heterocycles. The van der Waals surface area contributed by atoms with Crippen LogP contribution < -0.4 is 0 Å². The molecule has 1 aromatic carbocycles. The molecule has 1 unspecified atom stereocenters. The molecule has 0 amide bonds. The van der Waals surface area contributed by atoms with Crippen LogP contribution in [0.2, 0.25) is 0 Å². The van der Waals surface area contributed by atoms with Crippen LogP contribution in [0.4, 0.5) is 0 Å². The van der Waals surface area contributed by atoms with Gasteiger partial charge in [-0.1, -0.05) is 25.1 Å². The van der Waals surface area contributed by atoms with Crippen molar-refractivity contribution in [2.45, 2.75) is 19.9 Å². The van der Waals surface area contributed by atoms with Gasteiger partial charge in [0.15, 0.2) is 0 Å². The van der Waals surface area contributed by atoms with Crippen LogP contribution in [0.3, 0.4) is 0 Å². The Hall–Kier alpha value is -1.33. The summed E-state index contributed by atoms with van der Waals surface area (Å²) in [5, 5.41) is 8.98. The predicted octanol–water partition coefficient (Wildman–Crippen LogP) is 2.40. The molecule has 2 rings (SSSR count). The van der Waals surface area contributed by atoms with Gasteiger partial charge < -0.3 is 0 Å². The molecule has 1 heterocycles. The summed E-state index contributed by atoms with van der Waals surface area (Å²) in [5.41, 5.74) is 1.98. The molecule has 0 aromatic heterocycles. The molecule has 0 spiro atoms. The lowest BCUT2D eigenvalue weighted by atomic mass is 10.1. The minimum atomic E-state index is 0.805. The van der Waals surface area contributed by atoms with Crippen LogP contribution in [-0.2, 0) is 6.54 Å². The zero-order valence-electron chi connectivity index (χ0n) is 9.11. The van der Waals surface area contributed by atoms with Crippen molar-refractivity contribution < 1.29 is 0 Å². The van der Waals surface area contributed by atoms with Gasteiger partial charge in [0, 0.05) is 13.1 Å². The first-order chi connectivity index (χ1) is 7.29. The lowest BCUT2D eigenvalue weighted by Crippen LogP contribution is -2.20. The van der Waals surface area contributed by atoms with Crippen molar-refractivity contribution in [2.75, 3.05) is 13.1 Å². The van der Waals surface area contributed by atoms with Gasteiger partial charge in [-0.2, -0.15) is 5.26 Å². The van der Waals surface area contributed by atoms with E-state index in [2.05, 4.69) is 24.0 Å². The molecule has 0 aliphatic carbocycles. The first-order valence-electron chi connectivity index (χ1n) is 5.50. The van der Waals surface area contributed by atoms with Crippen molar-refractivity contribution >= 4 is 0 Å². The van der Waals surface area contributed by atoms with E-state index in [0.717, 1.165) is 23.6 Å². The predicted molar refractivity (Wildman–Crippen MR) is 60.2 cm³/mol. The van der Waals surface area contributed by atoms with E-state index in [1.807, 2.05) is 18.2 Å². The van der Waals surface area contributed by atoms with Crippen LogP contribution in [0.1, 0.15) is 24.5 Å². The van der Waals surface area contributed by atoms with Gasteiger partial charge in [-0.25, -0.2) is 0 Å². The Kier molecular flexibility index (Phi) is 3.03. The van der Waals surface area contributed by atoms with E-state index in [9.17, 15) is 0 Å². The highest BCUT2D eigenvalue weighted by atomic mass is 15.1. The molecule has 1 saturated heterocycles. The summed E-state index contributed by atoms with van der Waals surface area (Å²) in [7, 11) is 0. The molecule has 1 fully saturated rings. The summed E-state index contributed by atoms with van der Waals surface area (Å²) in [4.78, 5) is 2.43. The van der Waals surface area contributed by atoms with Crippen molar-refractivity contribution in [3.8, 4) is 6.07 Å². The molecule has 1 atom stereocenters. The first-order valence-corrected chi connectivity index (χ1v) is 5.50. The smallest absolute Gasteiger partial charge is 0.0995 e. The molecule has 0 radical (unpaired) electrons. The molecule has 15 heavy (non-hydrogen) atoms. The summed E-state index contributed by atoms with van der Waals surface area (Å²) in [6.45, 7) is 5.55. The second-order valence-corrected chi connectivity index (χ2v) is 4.40. The Labute approximate surface area is 91.1 Å². The quantitative estimate of drug-likeness (QED) is 0.733. The van der Waals surface area contributed by atoms with Crippen molar-refractivity contribution in [3.05, 3.63) is 35.4 Å². The maximum Gasteiger partial charge on any atom is 0.0995 e. The highest BCUT2D eigenvalue weighted by molar-refractivity contribution is 5.37. The van der Waals surface area contributed by atoms with E-state index in [-0.39, 0.29) is 0 Å². The topological polar surface area (TPSA) is 27.0 Å². The molecular formula is C13H16N2. The van der Waals surface area contributed by atoms with Gasteiger partial charge in [0.25, 0.3) is 0 Å². The summed E-state index contributed by atoms with van der Waals surface area (Å²) in [5.74, 6) is 0.805. The number of likely N-dealkylation sites (tertiary alicyclic amines) is 1. The average molecular weight is 200 g/mol. The van der Waals surface area contributed by atoms with Gasteiger partial charge in [-0.15, -0.1) is 0 Å². The van der Waals surface area contributed by atoms with E-state index < -0.39 is 0 Å². The van der Waals surface area contributed by atoms with E-state index in [1.165, 1.54) is 19.5 Å². The number of nitrogens with zero attached hydrogens (tertiary/aromatic N) is 2. The minimum Gasteiger partial charge on any atom is -0.299 e. The van der Waals surface area contributed by atoms with Gasteiger partial charge in [0.2, 0.25) is 0 Å². The van der Waals surface area contributed by atoms with Crippen LogP contribution in [0.25, 0.3) is 0 Å². The zero-order valence-corrected chi connectivity index (χ0v) is 9.11. The average Bonchev–Trinajstić information content (AvgIpc) is 2.65. The molecule has 2 heteroatoms. The second-order valence-electron chi connectivity index (χ2n) is 4.40. The van der Waals surface area contributed by atoms with E-state index in [0.29, 0.717) is 0 Å². The molecule has 1 aliphatic rings. The Morgan fingerprint density at radius 3 is 2.93 bits per heavy atom. The third-order valence-corrected chi connectivity index (χ3v) is 3.04. The van der Waals surface area contributed by atoms with Crippen molar-refractivity contribution in [3.63, 3.8) is 0 Å². The van der Waals surface area contributed by atoms with E-state index in [1.54, 1.807) is 0 Å². The maximum atomic E-state index is 8.98. The van der Waals surface area contributed by atoms with Crippen molar-refractivity contribution in [2.24, 2.45) is 5.92 Å². The summed E-state index contributed by atoms with van der Waals surface area (Å²) >= 11 is 0. The van der Waals surface area contributed by atoms with Crippen LogP contribution in [0.5, 0.6) is 0 Å². The number of nitriles is 1. The third kappa shape index (κ3) is 2.37. The third-order valence-electron chi connectivity index (χ3n) is 3.04. The van der Waals surface area contributed by atoms with Gasteiger partial charge in [-0.05, 0) is 30.5 Å². The monoisotopic (exact) mass is 200 g/mol. The summed E-state index contributed by atoms with van der Waals surface area (Å²) < 4.78 is 0. The molecule has 0 N–H and O–H groups in total. The molecule has 0 saturated carbocycles. The molecule has 1 aromatic rings. The molecule has 2 nitrogen and oxygen atoms in total. The fourth-order valence-electron chi connectivity index (χ4n) is 2.18. The van der Waals surface area contributed by atoms with Gasteiger partial charge in [0.1, 0.15) is 0 Å². The van der Waals surface area contributed by atoms with Gasteiger partial charge in [-0.3, -0.25) is 4.90 Å². The Morgan fingerprint density at radius 2 is 2.27 bits per heavy atom. The number of hydrogen-bond acceptors (Lipinski definition) is 2. The fraction of sp³-hybridized carbons (Fsp3) is 0.462. The Balaban J connectivity index is 2.08. The van der Waals surface area contributed by atoms with Crippen LogP contribution in [0.15, 0.2) is 24.3 Å². The van der Waals surface area contributed by atoms with E-state index >= 15 is 0 Å². The van der Waals surface area contributed by atoms with E-state index in [4.69, 9.17) is 5.26 Å². The number of rotatable bonds is 2. The lowest BCUT2D eigenvalue weighted by Gasteiger charge is -2.15. The van der Waals surface area contributed by atoms with Crippen LogP contribution in [0, 0.1) is 17.2 Å². The maximum absolute atomic E-state index is 8.98. The fourth-order valence-corrected chi connectivity index (χ4v) is 2.18. The molecular weight excluding hydrogens is 184 g/mol. The molecule has 0 bridgehead atoms. The zero-order chi connectivity index (χ0) is 10.7. The Bertz CT molecular complexity index is 378. The minimum absolute atomic E-state index is 0.805. The summed E-state index contributed by atoms with van der Waals surface area (Å²) in [6.07, 6.45) is 1.29. The second kappa shape index (κ2) is 4.46. The lowest BCUT2D eigenvalue weighted by molar-refractivity contribution is 0.320. The summed E-state index contributed by atoms with van der Waals surface area (Å²) in [6, 6.07) is 10.1. The largest absolute Gasteiger partial charge is 0.299 e. The Morgan fingerprint density at radius 1 is 1.47 bits per heavy atom. The van der Waals surface area contributed by atoms with Crippen LogP contribution >= 0.6 is 0 Å². The first kappa shape index (κ1) is 10.2. The normalized spacial score (nSPS) is 21.5. The SMILES string of the molecule is CC1CCN(Cc2ccccc2C#N)C1. The van der Waals surface area contributed by atoms with Crippen molar-refractivity contribution in [1.82, 2.24) is 4.90 Å². The highest BCUT2D eigenvalue weighted by Crippen LogP contribution is 2.19. The number of benzene rings is 1. The van der Waals surface area contributed by atoms with Gasteiger partial charge >= 0.3 is 0 Å². The highest BCUT2D eigenvalue weighted by Gasteiger charge is 2.19. The van der Waals surface area contributed by atoms with Gasteiger partial charge in [0.05, 0.1) is 11.6 Å². The van der Waals surface area contributed by atoms with Crippen molar-refractivity contribution in [1.29, 1.82) is 5.26 Å². The standard InChI is InChI=1S/C13H16N2/c1-11-6-7-15(9-11)10-13-5-3-2-4-12(13)8-14/h2-5,11H,6-7,9-10H2,1H3. The molecule has 78 valence electrons. The van der Waals surface area contributed by atoms with Crippen LogP contribution in [-0.4, -0.2) is 18.0 Å².